The van der Waals surface area contributed by atoms with E-state index in [1.54, 1.807) is 0 Å². The number of benzene rings is 8. The van der Waals surface area contributed by atoms with E-state index >= 15 is 0 Å². The van der Waals surface area contributed by atoms with Gasteiger partial charge in [0, 0.05) is 33.4 Å². The number of hydrogen-bond donors (Lipinski definition) is 0. The van der Waals surface area contributed by atoms with Gasteiger partial charge in [0.2, 0.25) is 0 Å². The van der Waals surface area contributed by atoms with Crippen molar-refractivity contribution < 1.29 is 0 Å². The van der Waals surface area contributed by atoms with E-state index in [4.69, 9.17) is 19.9 Å². The summed E-state index contributed by atoms with van der Waals surface area (Å²) in [5.74, 6) is 1.33. The van der Waals surface area contributed by atoms with Gasteiger partial charge in [0.25, 0.3) is 0 Å². The molecule has 0 amide bonds. The second-order valence-electron chi connectivity index (χ2n) is 15.4. The maximum absolute atomic E-state index is 5.46. The predicted molar refractivity (Wildman–Crippen MR) is 248 cm³/mol. The predicted octanol–water partition coefficient (Wildman–Crippen LogP) is 13.6. The summed E-state index contributed by atoms with van der Waals surface area (Å²) in [6.45, 7) is 0. The molecule has 0 atom stereocenters. The molecule has 0 N–H and O–H groups in total. The molecule has 286 valence electrons. The lowest BCUT2D eigenvalue weighted by molar-refractivity contribution is 0.769. The van der Waals surface area contributed by atoms with Gasteiger partial charge in [-0.05, 0) is 57.6 Å². The van der Waals surface area contributed by atoms with E-state index in [1.807, 2.05) is 48.5 Å². The van der Waals surface area contributed by atoms with Crippen LogP contribution in [0, 0.1) is 0 Å². The standard InChI is InChI=1S/C57H38N4/c1-7-21-39(22-8-1)50-37-52(60-55(58-50)41-25-11-3-12-26-41)43-35-47(53-38-51(40-23-9-2-10-24-40)59-56(61-53)42-27-13-4-14-28-42)54-46-33-19-20-34-48(46)57(49(54)36-43,44-29-15-5-16-30-44)45-31-17-6-18-32-45/h1-38H. The quantitative estimate of drug-likeness (QED) is 0.154. The van der Waals surface area contributed by atoms with Gasteiger partial charge in [-0.3, -0.25) is 0 Å². The lowest BCUT2D eigenvalue weighted by Crippen LogP contribution is -2.28. The Balaban J connectivity index is 1.28. The zero-order valence-corrected chi connectivity index (χ0v) is 33.2. The van der Waals surface area contributed by atoms with Gasteiger partial charge in [-0.1, -0.05) is 206 Å². The first-order valence-corrected chi connectivity index (χ1v) is 20.6. The van der Waals surface area contributed by atoms with Gasteiger partial charge < -0.3 is 0 Å². The zero-order valence-electron chi connectivity index (χ0n) is 33.2. The maximum atomic E-state index is 5.46. The zero-order chi connectivity index (χ0) is 40.6. The molecule has 2 heterocycles. The smallest absolute Gasteiger partial charge is 0.160 e. The van der Waals surface area contributed by atoms with E-state index in [9.17, 15) is 0 Å². The molecule has 4 heteroatoms. The number of fused-ring (bicyclic) bond motifs is 3. The summed E-state index contributed by atoms with van der Waals surface area (Å²) >= 11 is 0. The number of nitrogens with zero attached hydrogens (tertiary/aromatic N) is 4. The number of rotatable bonds is 8. The number of aromatic nitrogens is 4. The molecule has 2 aromatic heterocycles. The molecule has 0 radical (unpaired) electrons. The van der Waals surface area contributed by atoms with Gasteiger partial charge in [0.1, 0.15) is 0 Å². The minimum atomic E-state index is -0.658. The summed E-state index contributed by atoms with van der Waals surface area (Å²) in [6, 6.07) is 81.0. The van der Waals surface area contributed by atoms with Gasteiger partial charge >= 0.3 is 0 Å². The summed E-state index contributed by atoms with van der Waals surface area (Å²) < 4.78 is 0. The summed E-state index contributed by atoms with van der Waals surface area (Å²) in [7, 11) is 0. The third kappa shape index (κ3) is 6.33. The van der Waals surface area contributed by atoms with Crippen LogP contribution in [0.5, 0.6) is 0 Å². The van der Waals surface area contributed by atoms with E-state index in [1.165, 1.54) is 27.8 Å². The fourth-order valence-corrected chi connectivity index (χ4v) is 9.04. The average molecular weight is 779 g/mol. The van der Waals surface area contributed by atoms with Crippen LogP contribution in [0.3, 0.4) is 0 Å². The van der Waals surface area contributed by atoms with Crippen molar-refractivity contribution in [2.24, 2.45) is 0 Å². The molecule has 4 nitrogen and oxygen atoms in total. The molecule has 61 heavy (non-hydrogen) atoms. The topological polar surface area (TPSA) is 51.6 Å². The molecule has 0 aliphatic heterocycles. The highest BCUT2D eigenvalue weighted by Crippen LogP contribution is 2.59. The summed E-state index contributed by atoms with van der Waals surface area (Å²) in [4.78, 5) is 21.2. The van der Waals surface area contributed by atoms with Gasteiger partial charge in [-0.15, -0.1) is 0 Å². The molecule has 0 bridgehead atoms. The van der Waals surface area contributed by atoms with Crippen LogP contribution in [0.2, 0.25) is 0 Å². The second-order valence-corrected chi connectivity index (χ2v) is 15.4. The van der Waals surface area contributed by atoms with E-state index < -0.39 is 5.41 Å². The van der Waals surface area contributed by atoms with Gasteiger partial charge in [0.05, 0.1) is 28.2 Å². The molecule has 1 aliphatic carbocycles. The Morgan fingerprint density at radius 1 is 0.262 bits per heavy atom. The maximum Gasteiger partial charge on any atom is 0.160 e. The van der Waals surface area contributed by atoms with Crippen molar-refractivity contribution in [1.29, 1.82) is 0 Å². The van der Waals surface area contributed by atoms with Crippen molar-refractivity contribution in [1.82, 2.24) is 19.9 Å². The van der Waals surface area contributed by atoms with Crippen LogP contribution in [0.4, 0.5) is 0 Å². The summed E-state index contributed by atoms with van der Waals surface area (Å²) in [5.41, 5.74) is 15.7. The first-order chi connectivity index (χ1) is 30.2. The van der Waals surface area contributed by atoms with E-state index in [2.05, 4.69) is 182 Å². The number of hydrogen-bond acceptors (Lipinski definition) is 4. The minimum absolute atomic E-state index is 0.658. The fraction of sp³-hybridized carbons (Fsp3) is 0.0175. The van der Waals surface area contributed by atoms with Crippen LogP contribution in [0.15, 0.2) is 231 Å². The highest BCUT2D eigenvalue weighted by molar-refractivity contribution is 5.97. The molecular formula is C57H38N4. The van der Waals surface area contributed by atoms with Crippen LogP contribution in [0.25, 0.3) is 78.9 Å². The Hall–Kier alpha value is -8.08. The van der Waals surface area contributed by atoms with Gasteiger partial charge in [0.15, 0.2) is 11.6 Å². The highest BCUT2D eigenvalue weighted by atomic mass is 14.9. The Morgan fingerprint density at radius 3 is 1.13 bits per heavy atom. The van der Waals surface area contributed by atoms with Gasteiger partial charge in [-0.25, -0.2) is 19.9 Å². The lowest BCUT2D eigenvalue weighted by Gasteiger charge is -2.34. The normalized spacial score (nSPS) is 12.4. The Kier molecular flexibility index (Phi) is 9.02. The molecule has 0 saturated heterocycles. The first-order valence-electron chi connectivity index (χ1n) is 20.6. The molecule has 8 aromatic carbocycles. The van der Waals surface area contributed by atoms with E-state index in [0.717, 1.165) is 61.7 Å². The van der Waals surface area contributed by atoms with Crippen LogP contribution in [0.1, 0.15) is 22.3 Å². The molecule has 0 fully saturated rings. The molecule has 0 saturated carbocycles. The minimum Gasteiger partial charge on any atom is -0.228 e. The lowest BCUT2D eigenvalue weighted by atomic mass is 9.67. The third-order valence-corrected chi connectivity index (χ3v) is 11.8. The molecule has 11 rings (SSSR count). The SMILES string of the molecule is c1ccc(-c2cc(-c3cc(-c4cc(-c5ccccc5)nc(-c5ccccc5)n4)c4c(c3)C(c3ccccc3)(c3ccccc3)c3ccccc3-4)nc(-c3ccccc3)n2)cc1. The van der Waals surface area contributed by atoms with Crippen molar-refractivity contribution in [3.05, 3.63) is 253 Å². The van der Waals surface area contributed by atoms with Crippen molar-refractivity contribution in [2.75, 3.05) is 0 Å². The Morgan fingerprint density at radius 2 is 0.639 bits per heavy atom. The molecule has 10 aromatic rings. The highest BCUT2D eigenvalue weighted by Gasteiger charge is 2.47. The Labute approximate surface area is 355 Å². The van der Waals surface area contributed by atoms with E-state index in [-0.39, 0.29) is 0 Å². The summed E-state index contributed by atoms with van der Waals surface area (Å²) in [5, 5.41) is 0. The molecule has 0 spiro atoms. The van der Waals surface area contributed by atoms with Crippen LogP contribution in [-0.4, -0.2) is 19.9 Å². The monoisotopic (exact) mass is 778 g/mol. The second kappa shape index (κ2) is 15.3. The van der Waals surface area contributed by atoms with Gasteiger partial charge in [-0.2, -0.15) is 0 Å². The average Bonchev–Trinajstić information content (AvgIpc) is 3.66. The largest absolute Gasteiger partial charge is 0.228 e. The van der Waals surface area contributed by atoms with Crippen molar-refractivity contribution in [3.63, 3.8) is 0 Å². The molecular weight excluding hydrogens is 741 g/mol. The van der Waals surface area contributed by atoms with Crippen molar-refractivity contribution in [2.45, 2.75) is 5.41 Å². The fourth-order valence-electron chi connectivity index (χ4n) is 9.04. The van der Waals surface area contributed by atoms with Crippen molar-refractivity contribution >= 4 is 0 Å². The Bertz CT molecular complexity index is 3000. The van der Waals surface area contributed by atoms with Crippen LogP contribution in [-0.2, 0) is 5.41 Å². The summed E-state index contributed by atoms with van der Waals surface area (Å²) in [6.07, 6.45) is 0. The van der Waals surface area contributed by atoms with Crippen LogP contribution < -0.4 is 0 Å². The molecule has 1 aliphatic rings. The van der Waals surface area contributed by atoms with Crippen molar-refractivity contribution in [3.8, 4) is 78.9 Å². The first kappa shape index (κ1) is 36.0. The third-order valence-electron chi connectivity index (χ3n) is 11.8. The molecule has 0 unspecified atom stereocenters. The van der Waals surface area contributed by atoms with Crippen LogP contribution >= 0.6 is 0 Å². The van der Waals surface area contributed by atoms with E-state index in [0.29, 0.717) is 11.6 Å².